The molecule has 0 fully saturated rings. The van der Waals surface area contributed by atoms with Crippen molar-refractivity contribution in [3.8, 4) is 0 Å². The summed E-state index contributed by atoms with van der Waals surface area (Å²) in [6.45, 7) is 9.89. The Morgan fingerprint density at radius 2 is 2.00 bits per heavy atom. The summed E-state index contributed by atoms with van der Waals surface area (Å²) < 4.78 is 4.86. The van der Waals surface area contributed by atoms with E-state index < -0.39 is 17.6 Å². The Bertz CT molecular complexity index is 284. The van der Waals surface area contributed by atoms with Gasteiger partial charge in [-0.1, -0.05) is 12.7 Å². The molecule has 0 atom stereocenters. The zero-order valence-electron chi connectivity index (χ0n) is 10.2. The predicted molar refractivity (Wildman–Crippen MR) is 60.2 cm³/mol. The van der Waals surface area contributed by atoms with Gasteiger partial charge in [-0.3, -0.25) is 4.90 Å². The molecule has 0 unspecified atom stereocenters. The second-order valence-electron chi connectivity index (χ2n) is 4.19. The van der Waals surface area contributed by atoms with Crippen LogP contribution in [0.15, 0.2) is 12.7 Å². The number of amides is 1. The molecule has 0 aromatic rings. The molecule has 0 heterocycles. The van der Waals surface area contributed by atoms with E-state index >= 15 is 0 Å². The first-order valence-corrected chi connectivity index (χ1v) is 5.05. The lowest BCUT2D eigenvalue weighted by atomic mass is 10.0. The van der Waals surface area contributed by atoms with Gasteiger partial charge in [-0.25, -0.2) is 9.59 Å². The van der Waals surface area contributed by atoms with Gasteiger partial charge in [0.05, 0.1) is 0 Å². The third kappa shape index (κ3) is 3.25. The third-order valence-electron chi connectivity index (χ3n) is 2.16. The van der Waals surface area contributed by atoms with Gasteiger partial charge in [0.25, 0.3) is 0 Å². The first-order chi connectivity index (χ1) is 7.25. The van der Waals surface area contributed by atoms with Crippen LogP contribution >= 0.6 is 0 Å². The Kier molecular flexibility index (Phi) is 5.01. The number of carboxylic acid groups (broad SMARTS) is 1. The van der Waals surface area contributed by atoms with Crippen molar-refractivity contribution in [3.63, 3.8) is 0 Å². The van der Waals surface area contributed by atoms with E-state index in [1.54, 1.807) is 13.8 Å². The maximum atomic E-state index is 11.7. The van der Waals surface area contributed by atoms with Crippen molar-refractivity contribution in [2.45, 2.75) is 39.3 Å². The average Bonchev–Trinajstić information content (AvgIpc) is 2.13. The average molecular weight is 229 g/mol. The van der Waals surface area contributed by atoms with Crippen LogP contribution in [0.2, 0.25) is 0 Å². The third-order valence-corrected chi connectivity index (χ3v) is 2.16. The quantitative estimate of drug-likeness (QED) is 0.731. The molecule has 1 N–H and O–H groups in total. The number of hydrogen-bond acceptors (Lipinski definition) is 3. The fourth-order valence-electron chi connectivity index (χ4n) is 1.39. The van der Waals surface area contributed by atoms with Gasteiger partial charge >= 0.3 is 12.1 Å². The lowest BCUT2D eigenvalue weighted by molar-refractivity contribution is -0.149. The standard InChI is InChI=1S/C11H19NO4/c1-6-7-16-10(15)12(8(2)3)11(4,5)9(13)14/h6,8H,1,7H2,2-5H3,(H,13,14). The van der Waals surface area contributed by atoms with Crippen LogP contribution in [0.3, 0.4) is 0 Å². The lowest BCUT2D eigenvalue weighted by Gasteiger charge is -2.37. The number of nitrogens with zero attached hydrogens (tertiary/aromatic N) is 1. The van der Waals surface area contributed by atoms with E-state index in [4.69, 9.17) is 9.84 Å². The van der Waals surface area contributed by atoms with Crippen molar-refractivity contribution in [1.82, 2.24) is 4.90 Å². The number of carbonyl (C=O) groups excluding carboxylic acids is 1. The Balaban J connectivity index is 4.94. The van der Waals surface area contributed by atoms with E-state index in [1.165, 1.54) is 24.8 Å². The van der Waals surface area contributed by atoms with Gasteiger partial charge in [-0.15, -0.1) is 0 Å². The van der Waals surface area contributed by atoms with Crippen LogP contribution in [0.1, 0.15) is 27.7 Å². The molecular weight excluding hydrogens is 210 g/mol. The number of ether oxygens (including phenoxy) is 1. The summed E-state index contributed by atoms with van der Waals surface area (Å²) in [7, 11) is 0. The first-order valence-electron chi connectivity index (χ1n) is 5.05. The lowest BCUT2D eigenvalue weighted by Crippen LogP contribution is -2.56. The summed E-state index contributed by atoms with van der Waals surface area (Å²) in [5.41, 5.74) is -1.30. The van der Waals surface area contributed by atoms with Crippen LogP contribution < -0.4 is 0 Å². The van der Waals surface area contributed by atoms with Crippen LogP contribution in [0.25, 0.3) is 0 Å². The second-order valence-corrected chi connectivity index (χ2v) is 4.19. The highest BCUT2D eigenvalue weighted by atomic mass is 16.6. The highest BCUT2D eigenvalue weighted by Gasteiger charge is 2.40. The van der Waals surface area contributed by atoms with Crippen molar-refractivity contribution in [2.75, 3.05) is 6.61 Å². The molecule has 0 spiro atoms. The second kappa shape index (κ2) is 5.53. The van der Waals surface area contributed by atoms with E-state index in [1.807, 2.05) is 0 Å². The summed E-state index contributed by atoms with van der Waals surface area (Å²) in [5.74, 6) is -1.07. The van der Waals surface area contributed by atoms with Crippen molar-refractivity contribution in [2.24, 2.45) is 0 Å². The van der Waals surface area contributed by atoms with Crippen molar-refractivity contribution in [3.05, 3.63) is 12.7 Å². The molecular formula is C11H19NO4. The molecule has 5 heteroatoms. The van der Waals surface area contributed by atoms with E-state index in [0.29, 0.717) is 0 Å². The fraction of sp³-hybridized carbons (Fsp3) is 0.636. The first kappa shape index (κ1) is 14.5. The van der Waals surface area contributed by atoms with Gasteiger partial charge in [-0.2, -0.15) is 0 Å². The van der Waals surface area contributed by atoms with Crippen molar-refractivity contribution < 1.29 is 19.4 Å². The summed E-state index contributed by atoms with van der Waals surface area (Å²) in [4.78, 5) is 24.0. The van der Waals surface area contributed by atoms with Crippen molar-refractivity contribution >= 4 is 12.1 Å². The molecule has 0 aromatic carbocycles. The predicted octanol–water partition coefficient (Wildman–Crippen LogP) is 1.88. The van der Waals surface area contributed by atoms with E-state index in [0.717, 1.165) is 0 Å². The maximum Gasteiger partial charge on any atom is 0.411 e. The highest BCUT2D eigenvalue weighted by molar-refractivity contribution is 5.83. The monoisotopic (exact) mass is 229 g/mol. The van der Waals surface area contributed by atoms with Crippen molar-refractivity contribution in [1.29, 1.82) is 0 Å². The molecule has 0 saturated heterocycles. The topological polar surface area (TPSA) is 66.8 Å². The van der Waals surface area contributed by atoms with E-state index in [2.05, 4.69) is 6.58 Å². The minimum atomic E-state index is -1.30. The summed E-state index contributed by atoms with van der Waals surface area (Å²) in [5, 5.41) is 9.07. The van der Waals surface area contributed by atoms with Crippen LogP contribution in [-0.4, -0.2) is 40.3 Å². The normalized spacial score (nSPS) is 11.1. The zero-order valence-corrected chi connectivity index (χ0v) is 10.2. The van der Waals surface area contributed by atoms with Gasteiger partial charge in [0.2, 0.25) is 0 Å². The molecule has 0 aromatic heterocycles. The van der Waals surface area contributed by atoms with Gasteiger partial charge in [0.15, 0.2) is 0 Å². The zero-order chi connectivity index (χ0) is 12.9. The molecule has 16 heavy (non-hydrogen) atoms. The number of rotatable bonds is 5. The molecule has 1 amide bonds. The van der Waals surface area contributed by atoms with Gasteiger partial charge < -0.3 is 9.84 Å². The van der Waals surface area contributed by atoms with Crippen LogP contribution in [0.4, 0.5) is 4.79 Å². The summed E-state index contributed by atoms with van der Waals surface area (Å²) in [6, 6.07) is -0.261. The molecule has 0 bridgehead atoms. The number of carboxylic acids is 1. The summed E-state index contributed by atoms with van der Waals surface area (Å²) in [6.07, 6.45) is 0.784. The molecule has 0 radical (unpaired) electrons. The molecule has 5 nitrogen and oxygen atoms in total. The van der Waals surface area contributed by atoms with Crippen LogP contribution in [0.5, 0.6) is 0 Å². The molecule has 0 aliphatic heterocycles. The Morgan fingerprint density at radius 3 is 2.31 bits per heavy atom. The van der Waals surface area contributed by atoms with E-state index in [-0.39, 0.29) is 12.6 Å². The molecule has 92 valence electrons. The smallest absolute Gasteiger partial charge is 0.411 e. The maximum absolute atomic E-state index is 11.7. The number of carbonyl (C=O) groups is 2. The van der Waals surface area contributed by atoms with Gasteiger partial charge in [-0.05, 0) is 27.7 Å². The Hall–Kier alpha value is -1.52. The molecule has 0 aliphatic carbocycles. The van der Waals surface area contributed by atoms with Crippen LogP contribution in [0, 0.1) is 0 Å². The molecule has 0 rings (SSSR count). The Morgan fingerprint density at radius 1 is 1.50 bits per heavy atom. The van der Waals surface area contributed by atoms with E-state index in [9.17, 15) is 9.59 Å². The molecule has 0 saturated carbocycles. The highest BCUT2D eigenvalue weighted by Crippen LogP contribution is 2.19. The van der Waals surface area contributed by atoms with Gasteiger partial charge in [0.1, 0.15) is 12.1 Å². The Labute approximate surface area is 95.7 Å². The number of hydrogen-bond donors (Lipinski definition) is 1. The number of aliphatic carboxylic acids is 1. The minimum Gasteiger partial charge on any atom is -0.480 e. The molecule has 0 aliphatic rings. The largest absolute Gasteiger partial charge is 0.480 e. The fourth-order valence-corrected chi connectivity index (χ4v) is 1.39. The van der Waals surface area contributed by atoms with Gasteiger partial charge in [0, 0.05) is 6.04 Å². The summed E-state index contributed by atoms with van der Waals surface area (Å²) >= 11 is 0. The SMILES string of the molecule is C=CCOC(=O)N(C(C)C)C(C)(C)C(=O)O. The van der Waals surface area contributed by atoms with Crippen LogP contribution in [-0.2, 0) is 9.53 Å². The minimum absolute atomic E-state index is 0.0672.